The van der Waals surface area contributed by atoms with E-state index in [1.165, 1.54) is 0 Å². The maximum absolute atomic E-state index is 9.00. The molecule has 0 aliphatic heterocycles. The van der Waals surface area contributed by atoms with E-state index in [0.29, 0.717) is 11.5 Å². The Hall–Kier alpha value is -1.92. The summed E-state index contributed by atoms with van der Waals surface area (Å²) < 4.78 is 0. The van der Waals surface area contributed by atoms with Crippen LogP contribution in [-0.2, 0) is 0 Å². The number of hydrogen-bond acceptors (Lipinski definition) is 3. The van der Waals surface area contributed by atoms with Crippen LogP contribution in [0.4, 0.5) is 0 Å². The van der Waals surface area contributed by atoms with Gasteiger partial charge in [-0.05, 0) is 41.3 Å². The largest absolute Gasteiger partial charge is 0.227 e. The molecular formula is C15H14ClN3. The maximum Gasteiger partial charge on any atom is 0.222 e. The smallest absolute Gasteiger partial charge is 0.222 e. The third-order valence-electron chi connectivity index (χ3n) is 3.01. The second kappa shape index (κ2) is 5.81. The summed E-state index contributed by atoms with van der Waals surface area (Å²) in [5.41, 5.74) is 2.61. The SMILES string of the molecule is CC(C)C(c1cccc(C#N)c1)c1ccnc(Cl)n1. The van der Waals surface area contributed by atoms with Gasteiger partial charge >= 0.3 is 0 Å². The molecule has 0 N–H and O–H groups in total. The van der Waals surface area contributed by atoms with Crippen LogP contribution in [0, 0.1) is 17.2 Å². The molecule has 0 aliphatic rings. The molecule has 1 aromatic carbocycles. The Kier molecular flexibility index (Phi) is 4.13. The molecule has 4 heteroatoms. The molecule has 0 amide bonds. The molecule has 1 heterocycles. The molecule has 0 saturated carbocycles. The minimum atomic E-state index is 0.105. The van der Waals surface area contributed by atoms with E-state index < -0.39 is 0 Å². The first kappa shape index (κ1) is 13.5. The van der Waals surface area contributed by atoms with Gasteiger partial charge in [0.1, 0.15) is 0 Å². The zero-order valence-corrected chi connectivity index (χ0v) is 11.6. The second-order valence-electron chi connectivity index (χ2n) is 4.71. The molecule has 2 rings (SSSR count). The Morgan fingerprint density at radius 3 is 2.68 bits per heavy atom. The molecule has 19 heavy (non-hydrogen) atoms. The molecule has 0 radical (unpaired) electrons. The van der Waals surface area contributed by atoms with E-state index in [2.05, 4.69) is 29.9 Å². The highest BCUT2D eigenvalue weighted by atomic mass is 35.5. The molecule has 0 fully saturated rings. The normalized spacial score (nSPS) is 12.2. The molecule has 1 aromatic heterocycles. The van der Waals surface area contributed by atoms with Crippen LogP contribution in [0.1, 0.15) is 36.6 Å². The third kappa shape index (κ3) is 3.10. The van der Waals surface area contributed by atoms with Crippen molar-refractivity contribution >= 4 is 11.6 Å². The molecule has 0 spiro atoms. The molecular weight excluding hydrogens is 258 g/mol. The first-order valence-corrected chi connectivity index (χ1v) is 6.48. The van der Waals surface area contributed by atoms with Crippen LogP contribution in [0.5, 0.6) is 0 Å². The van der Waals surface area contributed by atoms with Crippen LogP contribution >= 0.6 is 11.6 Å². The predicted octanol–water partition coefficient (Wildman–Crippen LogP) is 3.79. The van der Waals surface area contributed by atoms with Gasteiger partial charge in [0.05, 0.1) is 17.3 Å². The van der Waals surface area contributed by atoms with Gasteiger partial charge in [-0.15, -0.1) is 0 Å². The Morgan fingerprint density at radius 2 is 2.05 bits per heavy atom. The molecule has 1 atom stereocenters. The van der Waals surface area contributed by atoms with E-state index in [9.17, 15) is 0 Å². The van der Waals surface area contributed by atoms with Crippen LogP contribution < -0.4 is 0 Å². The number of aromatic nitrogens is 2. The standard InChI is InChI=1S/C15H14ClN3/c1-10(2)14(13-6-7-18-15(16)19-13)12-5-3-4-11(8-12)9-17/h3-8,10,14H,1-2H3. The molecule has 1 unspecified atom stereocenters. The Morgan fingerprint density at radius 1 is 1.26 bits per heavy atom. The van der Waals surface area contributed by atoms with Crippen molar-refractivity contribution in [1.82, 2.24) is 9.97 Å². The zero-order valence-electron chi connectivity index (χ0n) is 10.8. The first-order valence-electron chi connectivity index (χ1n) is 6.10. The summed E-state index contributed by atoms with van der Waals surface area (Å²) in [4.78, 5) is 8.21. The Balaban J connectivity index is 2.49. The predicted molar refractivity (Wildman–Crippen MR) is 74.9 cm³/mol. The van der Waals surface area contributed by atoms with Crippen molar-refractivity contribution in [2.24, 2.45) is 5.92 Å². The summed E-state index contributed by atoms with van der Waals surface area (Å²) in [6.45, 7) is 4.25. The van der Waals surface area contributed by atoms with Gasteiger partial charge in [-0.25, -0.2) is 9.97 Å². The van der Waals surface area contributed by atoms with Gasteiger partial charge in [0, 0.05) is 12.1 Å². The van der Waals surface area contributed by atoms with Gasteiger partial charge in [-0.2, -0.15) is 5.26 Å². The number of benzene rings is 1. The van der Waals surface area contributed by atoms with Gasteiger partial charge < -0.3 is 0 Å². The summed E-state index contributed by atoms with van der Waals surface area (Å²) in [5.74, 6) is 0.453. The summed E-state index contributed by atoms with van der Waals surface area (Å²) in [7, 11) is 0. The second-order valence-corrected chi connectivity index (χ2v) is 5.05. The van der Waals surface area contributed by atoms with Gasteiger partial charge in [-0.1, -0.05) is 26.0 Å². The van der Waals surface area contributed by atoms with Gasteiger partial charge in [0.15, 0.2) is 0 Å². The van der Waals surface area contributed by atoms with E-state index in [1.54, 1.807) is 12.3 Å². The quantitative estimate of drug-likeness (QED) is 0.798. The monoisotopic (exact) mass is 271 g/mol. The molecule has 3 nitrogen and oxygen atoms in total. The number of nitrogens with zero attached hydrogens (tertiary/aromatic N) is 3. The van der Waals surface area contributed by atoms with Gasteiger partial charge in [0.25, 0.3) is 0 Å². The minimum absolute atomic E-state index is 0.105. The highest BCUT2D eigenvalue weighted by Gasteiger charge is 2.20. The van der Waals surface area contributed by atoms with E-state index >= 15 is 0 Å². The minimum Gasteiger partial charge on any atom is -0.227 e. The van der Waals surface area contributed by atoms with E-state index in [-0.39, 0.29) is 11.2 Å². The lowest BCUT2D eigenvalue weighted by molar-refractivity contribution is 0.551. The Labute approximate surface area is 117 Å². The number of hydrogen-bond donors (Lipinski definition) is 0. The first-order chi connectivity index (χ1) is 9.11. The Bertz CT molecular complexity index is 617. The molecule has 0 saturated heterocycles. The van der Waals surface area contributed by atoms with Crippen molar-refractivity contribution in [2.75, 3.05) is 0 Å². The van der Waals surface area contributed by atoms with Crippen molar-refractivity contribution in [3.8, 4) is 6.07 Å². The highest BCUT2D eigenvalue weighted by molar-refractivity contribution is 6.28. The molecule has 0 bridgehead atoms. The van der Waals surface area contributed by atoms with E-state index in [4.69, 9.17) is 16.9 Å². The van der Waals surface area contributed by atoms with Crippen molar-refractivity contribution in [3.05, 3.63) is 58.6 Å². The van der Waals surface area contributed by atoms with Crippen LogP contribution in [0.2, 0.25) is 5.28 Å². The lowest BCUT2D eigenvalue weighted by Crippen LogP contribution is -2.11. The van der Waals surface area contributed by atoms with E-state index in [0.717, 1.165) is 11.3 Å². The fourth-order valence-electron chi connectivity index (χ4n) is 2.22. The summed E-state index contributed by atoms with van der Waals surface area (Å²) in [6, 6.07) is 11.6. The van der Waals surface area contributed by atoms with Crippen LogP contribution in [-0.4, -0.2) is 9.97 Å². The van der Waals surface area contributed by atoms with Gasteiger partial charge in [-0.3, -0.25) is 0 Å². The van der Waals surface area contributed by atoms with Crippen molar-refractivity contribution in [3.63, 3.8) is 0 Å². The summed E-state index contributed by atoms with van der Waals surface area (Å²) in [5, 5.41) is 9.25. The maximum atomic E-state index is 9.00. The fraction of sp³-hybridized carbons (Fsp3) is 0.267. The summed E-state index contributed by atoms with van der Waals surface area (Å²) in [6.07, 6.45) is 1.66. The lowest BCUT2D eigenvalue weighted by Gasteiger charge is -2.21. The van der Waals surface area contributed by atoms with Crippen LogP contribution in [0.15, 0.2) is 36.5 Å². The van der Waals surface area contributed by atoms with Gasteiger partial charge in [0.2, 0.25) is 5.28 Å². The summed E-state index contributed by atoms with van der Waals surface area (Å²) >= 11 is 5.87. The number of halogens is 1. The molecule has 2 aromatic rings. The third-order valence-corrected chi connectivity index (χ3v) is 3.19. The van der Waals surface area contributed by atoms with E-state index in [1.807, 2.05) is 24.3 Å². The fourth-order valence-corrected chi connectivity index (χ4v) is 2.37. The average molecular weight is 272 g/mol. The zero-order chi connectivity index (χ0) is 13.8. The van der Waals surface area contributed by atoms with Crippen molar-refractivity contribution in [1.29, 1.82) is 5.26 Å². The number of rotatable bonds is 3. The highest BCUT2D eigenvalue weighted by Crippen LogP contribution is 2.31. The molecule has 96 valence electrons. The molecule has 0 aliphatic carbocycles. The van der Waals surface area contributed by atoms with Crippen LogP contribution in [0.25, 0.3) is 0 Å². The van der Waals surface area contributed by atoms with Crippen LogP contribution in [0.3, 0.4) is 0 Å². The lowest BCUT2D eigenvalue weighted by atomic mass is 9.85. The average Bonchev–Trinajstić information content (AvgIpc) is 2.39. The van der Waals surface area contributed by atoms with Crippen molar-refractivity contribution < 1.29 is 0 Å². The number of nitriles is 1. The topological polar surface area (TPSA) is 49.6 Å². The van der Waals surface area contributed by atoms with Crippen molar-refractivity contribution in [2.45, 2.75) is 19.8 Å².